The van der Waals surface area contributed by atoms with Gasteiger partial charge in [0.2, 0.25) is 0 Å². The van der Waals surface area contributed by atoms with E-state index >= 15 is 0 Å². The fraction of sp³-hybridized carbons (Fsp3) is 0.824. The predicted molar refractivity (Wildman–Crippen MR) is 90.3 cm³/mol. The zero-order valence-electron chi connectivity index (χ0n) is 14.0. The highest BCUT2D eigenvalue weighted by Gasteiger charge is 2.43. The van der Waals surface area contributed by atoms with Gasteiger partial charge in [-0.3, -0.25) is 4.68 Å². The second kappa shape index (κ2) is 6.41. The van der Waals surface area contributed by atoms with Crippen molar-refractivity contribution in [3.63, 3.8) is 0 Å². The smallest absolute Gasteiger partial charge is 0.0738 e. The summed E-state index contributed by atoms with van der Waals surface area (Å²) in [5.74, 6) is 1.49. The lowest BCUT2D eigenvalue weighted by Gasteiger charge is -2.45. The number of rotatable bonds is 4. The molecule has 3 atom stereocenters. The van der Waals surface area contributed by atoms with Crippen LogP contribution in [0.15, 0.2) is 4.47 Å². The molecule has 1 heterocycles. The normalized spacial score (nSPS) is 30.1. The molecule has 4 heteroatoms. The van der Waals surface area contributed by atoms with E-state index in [-0.39, 0.29) is 0 Å². The Bertz CT molecular complexity index is 497. The van der Waals surface area contributed by atoms with E-state index in [0.29, 0.717) is 24.2 Å². The summed E-state index contributed by atoms with van der Waals surface area (Å²) in [7, 11) is 0. The molecule has 0 aliphatic heterocycles. The molecule has 0 bridgehead atoms. The number of hydrogen-bond donors (Lipinski definition) is 1. The van der Waals surface area contributed by atoms with E-state index in [1.807, 2.05) is 11.6 Å². The second-order valence-electron chi connectivity index (χ2n) is 7.18. The number of hydrogen-bond acceptors (Lipinski definition) is 2. The fourth-order valence-corrected chi connectivity index (χ4v) is 4.50. The van der Waals surface area contributed by atoms with Gasteiger partial charge >= 0.3 is 0 Å². The molecule has 2 rings (SSSR count). The molecule has 0 amide bonds. The minimum absolute atomic E-state index is 0.376. The third-order valence-electron chi connectivity index (χ3n) is 5.09. The zero-order valence-corrected chi connectivity index (χ0v) is 15.6. The molecule has 21 heavy (non-hydrogen) atoms. The first kappa shape index (κ1) is 17.0. The Morgan fingerprint density at radius 3 is 2.67 bits per heavy atom. The molecule has 0 aromatic carbocycles. The van der Waals surface area contributed by atoms with Crippen LogP contribution in [0, 0.1) is 24.7 Å². The first-order valence-electron chi connectivity index (χ1n) is 8.22. The van der Waals surface area contributed by atoms with Crippen LogP contribution in [0.5, 0.6) is 0 Å². The summed E-state index contributed by atoms with van der Waals surface area (Å²) in [5, 5.41) is 16.0. The third-order valence-corrected chi connectivity index (χ3v) is 6.13. The van der Waals surface area contributed by atoms with Crippen LogP contribution in [0.2, 0.25) is 0 Å². The van der Waals surface area contributed by atoms with Gasteiger partial charge in [0.05, 0.1) is 21.5 Å². The van der Waals surface area contributed by atoms with E-state index in [4.69, 9.17) is 0 Å². The Balaban J connectivity index is 2.34. The predicted octanol–water partition coefficient (Wildman–Crippen LogP) is 4.34. The Hall–Kier alpha value is -0.350. The first-order valence-corrected chi connectivity index (χ1v) is 9.02. The number of aromatic nitrogens is 2. The van der Waals surface area contributed by atoms with Crippen molar-refractivity contribution >= 4 is 15.9 Å². The van der Waals surface area contributed by atoms with Crippen molar-refractivity contribution in [2.45, 2.75) is 72.4 Å². The molecule has 1 aromatic heterocycles. The van der Waals surface area contributed by atoms with Crippen LogP contribution in [-0.4, -0.2) is 20.5 Å². The van der Waals surface area contributed by atoms with Crippen LogP contribution < -0.4 is 0 Å². The third kappa shape index (κ3) is 3.37. The van der Waals surface area contributed by atoms with Gasteiger partial charge in [0, 0.05) is 13.0 Å². The molecule has 1 aliphatic carbocycles. The average molecular weight is 357 g/mol. The first-order chi connectivity index (χ1) is 9.78. The Labute approximate surface area is 137 Å². The Morgan fingerprint density at radius 2 is 2.10 bits per heavy atom. The molecular weight excluding hydrogens is 328 g/mol. The molecule has 1 fully saturated rings. The summed E-state index contributed by atoms with van der Waals surface area (Å²) < 4.78 is 3.10. The lowest BCUT2D eigenvalue weighted by Crippen LogP contribution is -2.47. The van der Waals surface area contributed by atoms with Crippen molar-refractivity contribution in [2.75, 3.05) is 0 Å². The van der Waals surface area contributed by atoms with Crippen LogP contribution in [0.1, 0.15) is 58.3 Å². The number of aryl methyl sites for hydroxylation is 2. The lowest BCUT2D eigenvalue weighted by atomic mass is 9.65. The van der Waals surface area contributed by atoms with E-state index in [1.54, 1.807) is 0 Å². The molecule has 1 aliphatic rings. The summed E-state index contributed by atoms with van der Waals surface area (Å²) in [6.07, 6.45) is 3.97. The van der Waals surface area contributed by atoms with Crippen LogP contribution >= 0.6 is 15.9 Å². The van der Waals surface area contributed by atoms with Gasteiger partial charge in [-0.2, -0.15) is 5.10 Å². The van der Waals surface area contributed by atoms with Gasteiger partial charge in [0.25, 0.3) is 0 Å². The summed E-state index contributed by atoms with van der Waals surface area (Å²) in [6.45, 7) is 11.7. The van der Waals surface area contributed by atoms with E-state index in [0.717, 1.165) is 35.2 Å². The van der Waals surface area contributed by atoms with Gasteiger partial charge in [-0.1, -0.05) is 27.2 Å². The number of aliphatic hydroxyl groups is 1. The lowest BCUT2D eigenvalue weighted by molar-refractivity contribution is -0.0807. The quantitative estimate of drug-likeness (QED) is 0.871. The number of halogens is 1. The van der Waals surface area contributed by atoms with Gasteiger partial charge in [-0.05, 0) is 60.4 Å². The molecule has 1 saturated carbocycles. The van der Waals surface area contributed by atoms with Crippen molar-refractivity contribution in [1.29, 1.82) is 0 Å². The van der Waals surface area contributed by atoms with Crippen LogP contribution in [0.25, 0.3) is 0 Å². The van der Waals surface area contributed by atoms with Crippen molar-refractivity contribution in [3.8, 4) is 0 Å². The highest BCUT2D eigenvalue weighted by molar-refractivity contribution is 9.10. The Kier molecular flexibility index (Phi) is 5.19. The standard InChI is InChI=1S/C17H29BrN2O/c1-6-20-15(16(18)13(5)19-20)10-17(21)9-12(4)7-8-14(17)11(2)3/h11-12,14,21H,6-10H2,1-5H3. The Morgan fingerprint density at radius 1 is 1.43 bits per heavy atom. The van der Waals surface area contributed by atoms with E-state index < -0.39 is 5.60 Å². The zero-order chi connectivity index (χ0) is 15.8. The van der Waals surface area contributed by atoms with Crippen LogP contribution in [0.3, 0.4) is 0 Å². The SMILES string of the molecule is CCn1nc(C)c(Br)c1CC1(O)CC(C)CCC1C(C)C. The van der Waals surface area contributed by atoms with E-state index in [1.165, 1.54) is 6.42 Å². The maximum atomic E-state index is 11.4. The minimum Gasteiger partial charge on any atom is -0.389 e. The van der Waals surface area contributed by atoms with Gasteiger partial charge in [0.1, 0.15) is 0 Å². The van der Waals surface area contributed by atoms with E-state index in [2.05, 4.69) is 48.7 Å². The summed E-state index contributed by atoms with van der Waals surface area (Å²) in [4.78, 5) is 0. The van der Waals surface area contributed by atoms with Gasteiger partial charge < -0.3 is 5.11 Å². The number of nitrogens with zero attached hydrogens (tertiary/aromatic N) is 2. The van der Waals surface area contributed by atoms with Gasteiger partial charge in [-0.25, -0.2) is 0 Å². The van der Waals surface area contributed by atoms with E-state index in [9.17, 15) is 5.11 Å². The van der Waals surface area contributed by atoms with Crippen molar-refractivity contribution < 1.29 is 5.11 Å². The molecular formula is C17H29BrN2O. The fourth-order valence-electron chi connectivity index (χ4n) is 4.07. The summed E-state index contributed by atoms with van der Waals surface area (Å²) >= 11 is 3.67. The van der Waals surface area contributed by atoms with Crippen molar-refractivity contribution in [3.05, 3.63) is 15.9 Å². The highest BCUT2D eigenvalue weighted by atomic mass is 79.9. The second-order valence-corrected chi connectivity index (χ2v) is 7.97. The molecule has 0 radical (unpaired) electrons. The van der Waals surface area contributed by atoms with Crippen LogP contribution in [0.4, 0.5) is 0 Å². The van der Waals surface area contributed by atoms with Crippen molar-refractivity contribution in [1.82, 2.24) is 9.78 Å². The van der Waals surface area contributed by atoms with Crippen LogP contribution in [-0.2, 0) is 13.0 Å². The molecule has 3 nitrogen and oxygen atoms in total. The van der Waals surface area contributed by atoms with Crippen molar-refractivity contribution in [2.24, 2.45) is 17.8 Å². The maximum absolute atomic E-state index is 11.4. The summed E-state index contributed by atoms with van der Waals surface area (Å²) in [6, 6.07) is 0. The average Bonchev–Trinajstić information content (AvgIpc) is 2.65. The molecule has 0 spiro atoms. The molecule has 120 valence electrons. The van der Waals surface area contributed by atoms with Gasteiger partial charge in [0.15, 0.2) is 0 Å². The minimum atomic E-state index is -0.603. The molecule has 0 saturated heterocycles. The molecule has 1 aromatic rings. The molecule has 1 N–H and O–H groups in total. The van der Waals surface area contributed by atoms with Gasteiger partial charge in [-0.15, -0.1) is 0 Å². The maximum Gasteiger partial charge on any atom is 0.0738 e. The highest BCUT2D eigenvalue weighted by Crippen LogP contribution is 2.43. The topological polar surface area (TPSA) is 38.0 Å². The largest absolute Gasteiger partial charge is 0.389 e. The monoisotopic (exact) mass is 356 g/mol. The summed E-state index contributed by atoms with van der Waals surface area (Å²) in [5.41, 5.74) is 1.56. The molecule has 3 unspecified atom stereocenters.